The molecule has 3 unspecified atom stereocenters. The molecule has 4 heteroatoms. The van der Waals surface area contributed by atoms with E-state index < -0.39 is 0 Å². The first-order chi connectivity index (χ1) is 10.1. The number of nitrogens with zero attached hydrogens (tertiary/aromatic N) is 1. The fourth-order valence-electron chi connectivity index (χ4n) is 3.92. The highest BCUT2D eigenvalue weighted by Crippen LogP contribution is 2.32. The van der Waals surface area contributed by atoms with E-state index in [0.29, 0.717) is 6.04 Å². The molecule has 2 fully saturated rings. The van der Waals surface area contributed by atoms with Crippen molar-refractivity contribution in [2.45, 2.75) is 89.4 Å². The Bertz CT molecular complexity index is 320. The lowest BCUT2D eigenvalue weighted by molar-refractivity contribution is -0.123. The summed E-state index contributed by atoms with van der Waals surface area (Å²) in [6.07, 6.45) is 9.89. The van der Waals surface area contributed by atoms with Gasteiger partial charge >= 0.3 is 0 Å². The normalized spacial score (nSPS) is 30.9. The van der Waals surface area contributed by atoms with Gasteiger partial charge in [0.25, 0.3) is 0 Å². The molecule has 0 aromatic heterocycles. The van der Waals surface area contributed by atoms with Crippen LogP contribution in [0.1, 0.15) is 65.2 Å². The van der Waals surface area contributed by atoms with Gasteiger partial charge in [-0.15, -0.1) is 0 Å². The number of carbonyl (C=O) groups excluding carboxylic acids is 1. The number of rotatable bonds is 7. The topological polar surface area (TPSA) is 44.4 Å². The van der Waals surface area contributed by atoms with Gasteiger partial charge in [-0.1, -0.05) is 26.2 Å². The second kappa shape index (κ2) is 8.14. The molecule has 2 rings (SSSR count). The van der Waals surface area contributed by atoms with Gasteiger partial charge in [0.05, 0.1) is 6.04 Å². The fourth-order valence-corrected chi connectivity index (χ4v) is 3.92. The zero-order valence-electron chi connectivity index (χ0n) is 14.0. The van der Waals surface area contributed by atoms with Crippen LogP contribution in [0, 0.1) is 0 Å². The fraction of sp³-hybridized carbons (Fsp3) is 0.941. The van der Waals surface area contributed by atoms with E-state index in [9.17, 15) is 4.79 Å². The van der Waals surface area contributed by atoms with Crippen LogP contribution in [-0.4, -0.2) is 48.6 Å². The zero-order chi connectivity index (χ0) is 15.2. The maximum absolute atomic E-state index is 12.1. The monoisotopic (exact) mass is 295 g/mol. The molecule has 122 valence electrons. The third-order valence-electron chi connectivity index (χ3n) is 5.30. The molecule has 1 amide bonds. The molecule has 2 aliphatic rings. The van der Waals surface area contributed by atoms with E-state index in [-0.39, 0.29) is 11.9 Å². The van der Waals surface area contributed by atoms with Crippen molar-refractivity contribution in [3.8, 4) is 0 Å². The van der Waals surface area contributed by atoms with Gasteiger partial charge in [0.2, 0.25) is 5.91 Å². The van der Waals surface area contributed by atoms with Gasteiger partial charge in [0, 0.05) is 24.7 Å². The predicted molar refractivity (Wildman–Crippen MR) is 87.3 cm³/mol. The van der Waals surface area contributed by atoms with Crippen molar-refractivity contribution in [3.05, 3.63) is 0 Å². The Morgan fingerprint density at radius 1 is 1.24 bits per heavy atom. The summed E-state index contributed by atoms with van der Waals surface area (Å²) in [5, 5.41) is 6.62. The molecule has 0 aliphatic carbocycles. The molecular weight excluding hydrogens is 262 g/mol. The number of carbonyl (C=O) groups is 1. The van der Waals surface area contributed by atoms with Crippen molar-refractivity contribution in [1.29, 1.82) is 0 Å². The Kier molecular flexibility index (Phi) is 6.49. The van der Waals surface area contributed by atoms with Gasteiger partial charge in [-0.2, -0.15) is 0 Å². The highest BCUT2D eigenvalue weighted by atomic mass is 16.2. The van der Waals surface area contributed by atoms with Crippen LogP contribution >= 0.6 is 0 Å². The first-order valence-corrected chi connectivity index (χ1v) is 8.87. The van der Waals surface area contributed by atoms with E-state index >= 15 is 0 Å². The molecular formula is C17H33N3O. The lowest BCUT2D eigenvalue weighted by Gasteiger charge is -2.47. The maximum atomic E-state index is 12.1. The average molecular weight is 295 g/mol. The Labute approximate surface area is 130 Å². The molecule has 2 bridgehead atoms. The first kappa shape index (κ1) is 16.8. The molecule has 0 aromatic carbocycles. The molecule has 3 atom stereocenters. The quantitative estimate of drug-likeness (QED) is 0.708. The molecule has 2 saturated heterocycles. The van der Waals surface area contributed by atoms with E-state index in [0.717, 1.165) is 25.0 Å². The largest absolute Gasteiger partial charge is 0.355 e. The van der Waals surface area contributed by atoms with Crippen LogP contribution in [0.15, 0.2) is 0 Å². The summed E-state index contributed by atoms with van der Waals surface area (Å²) >= 11 is 0. The minimum absolute atomic E-state index is 0.0687. The molecule has 2 aliphatic heterocycles. The summed E-state index contributed by atoms with van der Waals surface area (Å²) in [7, 11) is 2.27. The average Bonchev–Trinajstić information content (AvgIpc) is 2.44. The summed E-state index contributed by atoms with van der Waals surface area (Å²) in [6, 6.07) is 1.87. The van der Waals surface area contributed by atoms with E-state index in [4.69, 9.17) is 0 Å². The first-order valence-electron chi connectivity index (χ1n) is 8.87. The SMILES string of the molecule is CCCCCNC(=O)C(C)NC1CC2CCCC(C1)N2C. The second-order valence-electron chi connectivity index (χ2n) is 6.96. The van der Waals surface area contributed by atoms with Crippen molar-refractivity contribution in [2.24, 2.45) is 0 Å². The maximum Gasteiger partial charge on any atom is 0.236 e. The van der Waals surface area contributed by atoms with Gasteiger partial charge in [0.15, 0.2) is 0 Å². The van der Waals surface area contributed by atoms with Crippen LogP contribution in [0.4, 0.5) is 0 Å². The van der Waals surface area contributed by atoms with E-state index in [1.165, 1.54) is 44.9 Å². The lowest BCUT2D eigenvalue weighted by atomic mass is 9.82. The molecule has 0 spiro atoms. The van der Waals surface area contributed by atoms with E-state index in [1.54, 1.807) is 0 Å². The highest BCUT2D eigenvalue weighted by Gasteiger charge is 2.36. The van der Waals surface area contributed by atoms with Gasteiger partial charge in [-0.3, -0.25) is 4.79 Å². The molecule has 2 N–H and O–H groups in total. The van der Waals surface area contributed by atoms with Crippen molar-refractivity contribution >= 4 is 5.91 Å². The van der Waals surface area contributed by atoms with Crippen LogP contribution in [0.5, 0.6) is 0 Å². The number of hydrogen-bond donors (Lipinski definition) is 2. The summed E-state index contributed by atoms with van der Waals surface area (Å²) in [4.78, 5) is 14.7. The minimum Gasteiger partial charge on any atom is -0.355 e. The van der Waals surface area contributed by atoms with Crippen LogP contribution in [0.25, 0.3) is 0 Å². The molecule has 0 aromatic rings. The summed E-state index contributed by atoms with van der Waals surface area (Å²) in [5.41, 5.74) is 0. The van der Waals surface area contributed by atoms with Crippen LogP contribution in [-0.2, 0) is 4.79 Å². The van der Waals surface area contributed by atoms with Crippen LogP contribution in [0.2, 0.25) is 0 Å². The Morgan fingerprint density at radius 3 is 2.52 bits per heavy atom. The van der Waals surface area contributed by atoms with E-state index in [1.807, 2.05) is 6.92 Å². The number of fused-ring (bicyclic) bond motifs is 2. The molecule has 21 heavy (non-hydrogen) atoms. The molecule has 0 saturated carbocycles. The third-order valence-corrected chi connectivity index (χ3v) is 5.30. The molecule has 4 nitrogen and oxygen atoms in total. The summed E-state index contributed by atoms with van der Waals surface area (Å²) in [5.74, 6) is 0.162. The van der Waals surface area contributed by atoms with Gasteiger partial charge < -0.3 is 15.5 Å². The standard InChI is InChI=1S/C17H33N3O/c1-4-5-6-10-18-17(21)13(2)19-14-11-15-8-7-9-16(12-14)20(15)3/h13-16,19H,4-12H2,1-3H3,(H,18,21). The number of nitrogens with one attached hydrogen (secondary N) is 2. The van der Waals surface area contributed by atoms with Gasteiger partial charge in [-0.05, 0) is 46.1 Å². The molecule has 0 radical (unpaired) electrons. The smallest absolute Gasteiger partial charge is 0.236 e. The lowest BCUT2D eigenvalue weighted by Crippen LogP contribution is -2.57. The number of hydrogen-bond acceptors (Lipinski definition) is 3. The van der Waals surface area contributed by atoms with Crippen molar-refractivity contribution in [3.63, 3.8) is 0 Å². The molecule has 2 heterocycles. The third kappa shape index (κ3) is 4.68. The summed E-state index contributed by atoms with van der Waals surface area (Å²) in [6.45, 7) is 5.00. The van der Waals surface area contributed by atoms with E-state index in [2.05, 4.69) is 29.5 Å². The van der Waals surface area contributed by atoms with Crippen molar-refractivity contribution in [1.82, 2.24) is 15.5 Å². The highest BCUT2D eigenvalue weighted by molar-refractivity contribution is 5.81. The van der Waals surface area contributed by atoms with Crippen molar-refractivity contribution < 1.29 is 4.79 Å². The Balaban J connectivity index is 1.72. The minimum atomic E-state index is -0.0687. The van der Waals surface area contributed by atoms with Crippen molar-refractivity contribution in [2.75, 3.05) is 13.6 Å². The van der Waals surface area contributed by atoms with Gasteiger partial charge in [0.1, 0.15) is 0 Å². The van der Waals surface area contributed by atoms with Crippen LogP contribution < -0.4 is 10.6 Å². The van der Waals surface area contributed by atoms with Gasteiger partial charge in [-0.25, -0.2) is 0 Å². The van der Waals surface area contributed by atoms with Crippen LogP contribution in [0.3, 0.4) is 0 Å². The predicted octanol–water partition coefficient (Wildman–Crippen LogP) is 2.29. The Morgan fingerprint density at radius 2 is 1.90 bits per heavy atom. The summed E-state index contributed by atoms with van der Waals surface area (Å²) < 4.78 is 0. The Hall–Kier alpha value is -0.610. The number of piperidine rings is 2. The second-order valence-corrected chi connectivity index (χ2v) is 6.96. The number of unbranched alkanes of at least 4 members (excludes halogenated alkanes) is 2. The zero-order valence-corrected chi connectivity index (χ0v) is 14.0. The number of amides is 1.